The maximum Gasteiger partial charge on any atom is 0.0904 e. The summed E-state index contributed by atoms with van der Waals surface area (Å²) in [5.41, 5.74) is 3.81. The molecule has 3 aliphatic rings. The number of nitrogens with zero attached hydrogens (tertiary/aromatic N) is 1. The van der Waals surface area contributed by atoms with E-state index in [1.165, 1.54) is 32.1 Å². The third-order valence-corrected chi connectivity index (χ3v) is 5.52. The second-order valence-corrected chi connectivity index (χ2v) is 7.49. The molecule has 1 spiro atoms. The second kappa shape index (κ2) is 4.80. The lowest BCUT2D eigenvalue weighted by Crippen LogP contribution is -2.61. The Morgan fingerprint density at radius 3 is 2.32 bits per heavy atom. The fourth-order valence-corrected chi connectivity index (χ4v) is 4.50. The Hall–Kier alpha value is -0.500. The molecule has 0 aromatic heterocycles. The highest BCUT2D eigenvalue weighted by Gasteiger charge is 2.51. The molecule has 0 amide bonds. The van der Waals surface area contributed by atoms with Gasteiger partial charge < -0.3 is 9.64 Å². The molecule has 2 heteroatoms. The maximum atomic E-state index is 5.57. The van der Waals surface area contributed by atoms with E-state index in [0.717, 1.165) is 25.0 Å². The van der Waals surface area contributed by atoms with Crippen molar-refractivity contribution in [1.29, 1.82) is 0 Å². The monoisotopic (exact) mass is 263 g/mol. The van der Waals surface area contributed by atoms with Crippen LogP contribution in [0.1, 0.15) is 59.8 Å². The summed E-state index contributed by atoms with van der Waals surface area (Å²) in [5, 5.41) is 0. The Labute approximate surface area is 118 Å². The molecule has 1 unspecified atom stereocenters. The Balaban J connectivity index is 1.80. The molecule has 0 saturated carbocycles. The highest BCUT2D eigenvalue weighted by Crippen LogP contribution is 2.48. The molecule has 0 aromatic rings. The highest BCUT2D eigenvalue weighted by atomic mass is 16.5. The number of ether oxygens (including phenoxy) is 1. The third-order valence-electron chi connectivity index (χ3n) is 5.52. The molecule has 19 heavy (non-hydrogen) atoms. The van der Waals surface area contributed by atoms with Crippen LogP contribution in [0.2, 0.25) is 0 Å². The molecule has 1 aliphatic carbocycles. The summed E-state index contributed by atoms with van der Waals surface area (Å²) < 4.78 is 5.57. The average Bonchev–Trinajstić information content (AvgIpc) is 2.51. The van der Waals surface area contributed by atoms with E-state index in [0.29, 0.717) is 11.6 Å². The SMILES string of the molecule is CC(C)C1CCC2=C(CC1)N(C(C)C)C1(COC1)C2. The maximum absolute atomic E-state index is 5.57. The predicted octanol–water partition coefficient (Wildman–Crippen LogP) is 3.97. The summed E-state index contributed by atoms with van der Waals surface area (Å²) in [6, 6.07) is 0.618. The Morgan fingerprint density at radius 2 is 1.79 bits per heavy atom. The molecule has 0 N–H and O–H groups in total. The van der Waals surface area contributed by atoms with E-state index in [1.54, 1.807) is 11.3 Å². The van der Waals surface area contributed by atoms with Crippen LogP contribution in [-0.4, -0.2) is 29.7 Å². The number of hydrogen-bond acceptors (Lipinski definition) is 2. The summed E-state index contributed by atoms with van der Waals surface area (Å²) in [6.45, 7) is 11.4. The summed E-state index contributed by atoms with van der Waals surface area (Å²) >= 11 is 0. The van der Waals surface area contributed by atoms with Gasteiger partial charge in [-0.05, 0) is 63.4 Å². The zero-order valence-corrected chi connectivity index (χ0v) is 13.0. The standard InChI is InChI=1S/C17H29NO/c1-12(2)14-5-6-15-9-17(10-19-11-17)18(13(3)4)16(15)8-7-14/h12-14H,5-11H2,1-4H3. The van der Waals surface area contributed by atoms with E-state index >= 15 is 0 Å². The first kappa shape index (κ1) is 13.5. The Kier molecular flexibility index (Phi) is 3.41. The lowest BCUT2D eigenvalue weighted by Gasteiger charge is -2.50. The zero-order chi connectivity index (χ0) is 13.6. The largest absolute Gasteiger partial charge is 0.376 e. The van der Waals surface area contributed by atoms with Crippen LogP contribution in [-0.2, 0) is 4.74 Å². The topological polar surface area (TPSA) is 12.5 Å². The van der Waals surface area contributed by atoms with Crippen LogP contribution in [0.5, 0.6) is 0 Å². The summed E-state index contributed by atoms with van der Waals surface area (Å²) in [5.74, 6) is 1.77. The van der Waals surface area contributed by atoms with Crippen molar-refractivity contribution in [1.82, 2.24) is 4.90 Å². The quantitative estimate of drug-likeness (QED) is 0.747. The van der Waals surface area contributed by atoms with Crippen molar-refractivity contribution >= 4 is 0 Å². The molecule has 2 nitrogen and oxygen atoms in total. The van der Waals surface area contributed by atoms with Gasteiger partial charge in [-0.15, -0.1) is 0 Å². The van der Waals surface area contributed by atoms with Gasteiger partial charge in [0.05, 0.1) is 18.8 Å². The minimum absolute atomic E-state index is 0.351. The summed E-state index contributed by atoms with van der Waals surface area (Å²) in [4.78, 5) is 2.73. The van der Waals surface area contributed by atoms with E-state index in [9.17, 15) is 0 Å². The van der Waals surface area contributed by atoms with Gasteiger partial charge in [0.1, 0.15) is 0 Å². The molecule has 0 aromatic carbocycles. The fraction of sp³-hybridized carbons (Fsp3) is 0.882. The van der Waals surface area contributed by atoms with Gasteiger partial charge in [-0.3, -0.25) is 0 Å². The van der Waals surface area contributed by atoms with E-state index in [-0.39, 0.29) is 0 Å². The van der Waals surface area contributed by atoms with Crippen LogP contribution >= 0.6 is 0 Å². The van der Waals surface area contributed by atoms with Crippen molar-refractivity contribution in [2.45, 2.75) is 71.4 Å². The van der Waals surface area contributed by atoms with Crippen molar-refractivity contribution in [3.05, 3.63) is 11.3 Å². The molecular formula is C17H29NO. The molecule has 1 fully saturated rings. The van der Waals surface area contributed by atoms with Gasteiger partial charge in [0.25, 0.3) is 0 Å². The summed E-state index contributed by atoms with van der Waals surface area (Å²) in [7, 11) is 0. The third kappa shape index (κ3) is 2.12. The van der Waals surface area contributed by atoms with Crippen molar-refractivity contribution in [3.63, 3.8) is 0 Å². The second-order valence-electron chi connectivity index (χ2n) is 7.49. The molecule has 1 atom stereocenters. The van der Waals surface area contributed by atoms with E-state index in [1.807, 2.05) is 0 Å². The first-order valence-corrected chi connectivity index (χ1v) is 8.11. The molecule has 108 valence electrons. The smallest absolute Gasteiger partial charge is 0.0904 e. The van der Waals surface area contributed by atoms with Gasteiger partial charge in [-0.25, -0.2) is 0 Å². The average molecular weight is 263 g/mol. The number of rotatable bonds is 2. The van der Waals surface area contributed by atoms with Gasteiger partial charge in [0, 0.05) is 11.7 Å². The minimum atomic E-state index is 0.351. The fourth-order valence-electron chi connectivity index (χ4n) is 4.50. The van der Waals surface area contributed by atoms with Crippen LogP contribution in [0, 0.1) is 11.8 Å². The van der Waals surface area contributed by atoms with Gasteiger partial charge in [0.2, 0.25) is 0 Å². The highest BCUT2D eigenvalue weighted by molar-refractivity contribution is 5.30. The van der Waals surface area contributed by atoms with Crippen LogP contribution in [0.4, 0.5) is 0 Å². The van der Waals surface area contributed by atoms with Gasteiger partial charge in [0.15, 0.2) is 0 Å². The minimum Gasteiger partial charge on any atom is -0.376 e. The van der Waals surface area contributed by atoms with Crippen LogP contribution in [0.25, 0.3) is 0 Å². The molecule has 1 saturated heterocycles. The lowest BCUT2D eigenvalue weighted by molar-refractivity contribution is -0.129. The van der Waals surface area contributed by atoms with Gasteiger partial charge >= 0.3 is 0 Å². The lowest BCUT2D eigenvalue weighted by atomic mass is 9.85. The van der Waals surface area contributed by atoms with E-state index in [4.69, 9.17) is 4.74 Å². The first-order chi connectivity index (χ1) is 9.03. The molecule has 2 aliphatic heterocycles. The van der Waals surface area contributed by atoms with Gasteiger partial charge in [-0.2, -0.15) is 0 Å². The van der Waals surface area contributed by atoms with Crippen molar-refractivity contribution in [3.8, 4) is 0 Å². The van der Waals surface area contributed by atoms with Crippen LogP contribution in [0.3, 0.4) is 0 Å². The molecule has 0 radical (unpaired) electrons. The van der Waals surface area contributed by atoms with Crippen molar-refractivity contribution in [2.75, 3.05) is 13.2 Å². The van der Waals surface area contributed by atoms with Crippen LogP contribution in [0.15, 0.2) is 11.3 Å². The van der Waals surface area contributed by atoms with E-state index in [2.05, 4.69) is 32.6 Å². The Bertz CT molecular complexity index is 379. The first-order valence-electron chi connectivity index (χ1n) is 8.11. The zero-order valence-electron chi connectivity index (χ0n) is 13.0. The molecule has 0 bridgehead atoms. The van der Waals surface area contributed by atoms with Crippen LogP contribution < -0.4 is 0 Å². The number of hydrogen-bond donors (Lipinski definition) is 0. The van der Waals surface area contributed by atoms with Gasteiger partial charge in [-0.1, -0.05) is 13.8 Å². The molecule has 3 rings (SSSR count). The normalized spacial score (nSPS) is 30.0. The number of allylic oxidation sites excluding steroid dienone is 1. The Morgan fingerprint density at radius 1 is 1.11 bits per heavy atom. The van der Waals surface area contributed by atoms with Crippen molar-refractivity contribution in [2.24, 2.45) is 11.8 Å². The summed E-state index contributed by atoms with van der Waals surface area (Å²) in [6.07, 6.45) is 6.71. The predicted molar refractivity (Wildman–Crippen MR) is 79.0 cm³/mol. The van der Waals surface area contributed by atoms with Crippen molar-refractivity contribution < 1.29 is 4.74 Å². The van der Waals surface area contributed by atoms with E-state index < -0.39 is 0 Å². The molecular weight excluding hydrogens is 234 g/mol. The molecule has 2 heterocycles.